The summed E-state index contributed by atoms with van der Waals surface area (Å²) in [6.45, 7) is 6.36. The zero-order valence-electron chi connectivity index (χ0n) is 20.8. The van der Waals surface area contributed by atoms with Gasteiger partial charge in [0.25, 0.3) is 5.69 Å². The van der Waals surface area contributed by atoms with Gasteiger partial charge in [0.05, 0.1) is 25.6 Å². The maximum Gasteiger partial charge on any atom is 0.536 e. The van der Waals surface area contributed by atoms with E-state index in [1.54, 1.807) is 4.57 Å². The number of fused-ring (bicyclic) bond motifs is 2. The predicted octanol–water partition coefficient (Wildman–Crippen LogP) is 3.17. The lowest BCUT2D eigenvalue weighted by Gasteiger charge is -2.20. The van der Waals surface area contributed by atoms with Crippen LogP contribution in [-0.4, -0.2) is 46.9 Å². The van der Waals surface area contributed by atoms with Gasteiger partial charge in [-0.2, -0.15) is 8.62 Å². The summed E-state index contributed by atoms with van der Waals surface area (Å²) in [5.74, 6) is -0.284. The first-order valence-corrected chi connectivity index (χ1v) is 16.0. The fourth-order valence-corrected chi connectivity index (χ4v) is 7.47. The van der Waals surface area contributed by atoms with Crippen molar-refractivity contribution in [1.29, 1.82) is 0 Å². The highest BCUT2D eigenvalue weighted by Gasteiger charge is 2.43. The van der Waals surface area contributed by atoms with Crippen LogP contribution in [-0.2, 0) is 31.6 Å². The van der Waals surface area contributed by atoms with Crippen molar-refractivity contribution in [2.75, 3.05) is 12.3 Å². The second-order valence-corrected chi connectivity index (χ2v) is 13.1. The standard InChI is InChI=1S/C20H19N6O13P3/c1-22-14-6-11-2-3-12(7-15(11)36-20(14)27)37-41(30,31)39-42(32,33)38-40(28,29)34-8-13-4-5-16(35-13)26-10-25-17-18(21)23-9-24-19(17)26/h2-3,6-7,9-10,13,16H,4-5,8H2,(H,28,29)(H,30,31)(H,32,33)(H2,21,23,24)/t13-,16+/m0/s1. The van der Waals surface area contributed by atoms with Crippen molar-refractivity contribution < 1.29 is 55.2 Å². The summed E-state index contributed by atoms with van der Waals surface area (Å²) in [6, 6.07) is 4.56. The van der Waals surface area contributed by atoms with Crippen LogP contribution in [0.2, 0.25) is 0 Å². The maximum atomic E-state index is 12.3. The number of hydrogen-bond acceptors (Lipinski definition) is 14. The minimum atomic E-state index is -5.75. The number of rotatable bonds is 10. The molecule has 0 aliphatic carbocycles. The minimum Gasteiger partial charge on any atom is -0.431 e. The average Bonchev–Trinajstić information content (AvgIpc) is 3.53. The van der Waals surface area contributed by atoms with Crippen molar-refractivity contribution >= 4 is 57.1 Å². The van der Waals surface area contributed by atoms with E-state index < -0.39 is 53.8 Å². The van der Waals surface area contributed by atoms with Gasteiger partial charge in [0, 0.05) is 11.5 Å². The van der Waals surface area contributed by atoms with E-state index in [0.29, 0.717) is 24.0 Å². The van der Waals surface area contributed by atoms with Gasteiger partial charge < -0.3 is 29.2 Å². The molecule has 222 valence electrons. The van der Waals surface area contributed by atoms with Gasteiger partial charge in [-0.25, -0.2) is 33.5 Å². The second kappa shape index (κ2) is 11.3. The number of aromatic nitrogens is 4. The SMILES string of the molecule is [C-]#[N+]c1cc2ccc(OP(=O)(O)OP(=O)(O)OP(=O)(O)OC[C@@H]3CC[C@H](n4cnc5c(N)ncnc54)O3)cc2oc1=O. The highest BCUT2D eigenvalue weighted by atomic mass is 31.3. The van der Waals surface area contributed by atoms with Crippen molar-refractivity contribution in [3.63, 3.8) is 0 Å². The number of imidazole rings is 1. The van der Waals surface area contributed by atoms with E-state index in [2.05, 4.69) is 32.9 Å². The van der Waals surface area contributed by atoms with Crippen LogP contribution in [0.5, 0.6) is 5.75 Å². The molecule has 19 nitrogen and oxygen atoms in total. The maximum absolute atomic E-state index is 12.3. The molecule has 4 aromatic rings. The van der Waals surface area contributed by atoms with Crippen LogP contribution < -0.4 is 15.9 Å². The first-order valence-electron chi connectivity index (χ1n) is 11.5. The van der Waals surface area contributed by atoms with Crippen molar-refractivity contribution in [1.82, 2.24) is 19.5 Å². The molecule has 5 atom stereocenters. The van der Waals surface area contributed by atoms with Gasteiger partial charge in [0.15, 0.2) is 11.5 Å². The molecule has 1 aromatic carbocycles. The molecule has 1 saturated heterocycles. The number of phosphoric acid groups is 3. The Kier molecular flexibility index (Phi) is 8.05. The topological polar surface area (TPSA) is 262 Å². The average molecular weight is 644 g/mol. The molecule has 0 bridgehead atoms. The largest absolute Gasteiger partial charge is 0.536 e. The Morgan fingerprint density at radius 2 is 1.83 bits per heavy atom. The van der Waals surface area contributed by atoms with Gasteiger partial charge in [0.1, 0.15) is 29.4 Å². The smallest absolute Gasteiger partial charge is 0.431 e. The number of benzene rings is 1. The molecular weight excluding hydrogens is 625 g/mol. The van der Waals surface area contributed by atoms with E-state index >= 15 is 0 Å². The number of nitrogen functional groups attached to an aromatic ring is 1. The monoisotopic (exact) mass is 644 g/mol. The zero-order valence-corrected chi connectivity index (χ0v) is 23.5. The van der Waals surface area contributed by atoms with E-state index in [0.717, 1.165) is 12.1 Å². The first kappa shape index (κ1) is 30.0. The lowest BCUT2D eigenvalue weighted by molar-refractivity contribution is -0.0205. The highest BCUT2D eigenvalue weighted by molar-refractivity contribution is 7.67. The lowest BCUT2D eigenvalue weighted by atomic mass is 10.2. The van der Waals surface area contributed by atoms with Gasteiger partial charge in [-0.05, 0) is 31.0 Å². The molecule has 0 radical (unpaired) electrons. The fraction of sp³-hybridized carbons (Fsp3) is 0.250. The zero-order chi connectivity index (χ0) is 30.3. The summed E-state index contributed by atoms with van der Waals surface area (Å²) < 4.78 is 66.8. The summed E-state index contributed by atoms with van der Waals surface area (Å²) in [5.41, 5.74) is 5.13. The molecule has 0 amide bonds. The van der Waals surface area contributed by atoms with Crippen molar-refractivity contribution in [2.45, 2.75) is 25.2 Å². The third kappa shape index (κ3) is 6.75. The van der Waals surface area contributed by atoms with Crippen molar-refractivity contribution in [2.24, 2.45) is 0 Å². The Hall–Kier alpha value is -3.52. The van der Waals surface area contributed by atoms with E-state index in [1.165, 1.54) is 24.8 Å². The predicted molar refractivity (Wildman–Crippen MR) is 140 cm³/mol. The summed E-state index contributed by atoms with van der Waals surface area (Å²) in [7, 11) is -16.6. The molecular formula is C20H19N6O13P3. The van der Waals surface area contributed by atoms with Crippen LogP contribution >= 0.6 is 23.5 Å². The summed E-state index contributed by atoms with van der Waals surface area (Å²) >= 11 is 0. The van der Waals surface area contributed by atoms with Gasteiger partial charge in [-0.15, -0.1) is 0 Å². The lowest BCUT2D eigenvalue weighted by Crippen LogP contribution is -2.16. The van der Waals surface area contributed by atoms with E-state index in [9.17, 15) is 33.2 Å². The Morgan fingerprint density at radius 3 is 2.60 bits per heavy atom. The van der Waals surface area contributed by atoms with E-state index in [4.69, 9.17) is 26.0 Å². The van der Waals surface area contributed by atoms with Gasteiger partial charge in [-0.1, -0.05) is 0 Å². The number of phosphoric ester groups is 2. The quantitative estimate of drug-likeness (QED) is 0.110. The molecule has 0 saturated carbocycles. The van der Waals surface area contributed by atoms with Crippen LogP contribution in [0.3, 0.4) is 0 Å². The molecule has 5 N–H and O–H groups in total. The number of anilines is 1. The molecule has 1 aliphatic rings. The molecule has 0 spiro atoms. The molecule has 22 heteroatoms. The number of nitrogens with zero attached hydrogens (tertiary/aromatic N) is 5. The minimum absolute atomic E-state index is 0.142. The Balaban J connectivity index is 1.17. The molecule has 3 aromatic heterocycles. The van der Waals surface area contributed by atoms with Gasteiger partial charge in [-0.3, -0.25) is 18.8 Å². The molecule has 5 rings (SSSR count). The van der Waals surface area contributed by atoms with Gasteiger partial charge >= 0.3 is 29.1 Å². The molecule has 1 aliphatic heterocycles. The Morgan fingerprint density at radius 1 is 1.07 bits per heavy atom. The van der Waals surface area contributed by atoms with Crippen molar-refractivity contribution in [3.05, 3.63) is 58.8 Å². The molecule has 4 heterocycles. The fourth-order valence-electron chi connectivity index (χ4n) is 3.94. The van der Waals surface area contributed by atoms with E-state index in [1.807, 2.05) is 0 Å². The third-order valence-corrected chi connectivity index (χ3v) is 9.87. The number of ether oxygens (including phenoxy) is 1. The number of nitrogens with two attached hydrogens (primary N) is 1. The Labute approximate surface area is 234 Å². The van der Waals surface area contributed by atoms with Crippen LogP contribution in [0.15, 0.2) is 46.1 Å². The highest BCUT2D eigenvalue weighted by Crippen LogP contribution is 2.67. The summed E-state index contributed by atoms with van der Waals surface area (Å²) in [6.07, 6.45) is 2.11. The van der Waals surface area contributed by atoms with Crippen LogP contribution in [0, 0.1) is 6.57 Å². The van der Waals surface area contributed by atoms with E-state index in [-0.39, 0.29) is 22.5 Å². The van der Waals surface area contributed by atoms with Crippen LogP contribution in [0.4, 0.5) is 11.5 Å². The number of hydrogen-bond donors (Lipinski definition) is 4. The molecule has 1 fully saturated rings. The summed E-state index contributed by atoms with van der Waals surface area (Å²) in [5, 5.41) is 0.269. The summed E-state index contributed by atoms with van der Waals surface area (Å²) in [4.78, 5) is 56.5. The molecule has 42 heavy (non-hydrogen) atoms. The van der Waals surface area contributed by atoms with Crippen LogP contribution in [0.25, 0.3) is 27.0 Å². The second-order valence-electron chi connectivity index (χ2n) is 8.56. The first-order chi connectivity index (χ1) is 19.7. The van der Waals surface area contributed by atoms with Gasteiger partial charge in [0.2, 0.25) is 0 Å². The van der Waals surface area contributed by atoms with Crippen LogP contribution in [0.1, 0.15) is 19.1 Å². The third-order valence-electron chi connectivity index (χ3n) is 5.65. The molecule has 3 unspecified atom stereocenters. The normalized spacial score (nSPS) is 21.4. The van der Waals surface area contributed by atoms with Crippen molar-refractivity contribution in [3.8, 4) is 5.75 Å². The Bertz CT molecular complexity index is 1920.